The van der Waals surface area contributed by atoms with Crippen LogP contribution in [-0.2, 0) is 4.79 Å². The van der Waals surface area contributed by atoms with Crippen molar-refractivity contribution < 1.29 is 9.28 Å². The Balaban J connectivity index is 2.35. The van der Waals surface area contributed by atoms with E-state index in [1.54, 1.807) is 6.92 Å². The molecule has 1 heterocycles. The number of amides is 1. The van der Waals surface area contributed by atoms with Crippen LogP contribution in [-0.4, -0.2) is 49.5 Å². The van der Waals surface area contributed by atoms with Crippen LogP contribution in [0.3, 0.4) is 0 Å². The molecule has 74 valence electrons. The third-order valence-electron chi connectivity index (χ3n) is 2.69. The topological polar surface area (TPSA) is 41.5 Å². The van der Waals surface area contributed by atoms with Crippen molar-refractivity contribution >= 4 is 11.7 Å². The molecule has 0 aromatic carbocycles. The summed E-state index contributed by atoms with van der Waals surface area (Å²) in [6.07, 6.45) is 0. The van der Waals surface area contributed by atoms with E-state index in [2.05, 4.69) is 24.3 Å². The zero-order chi connectivity index (χ0) is 9.90. The third-order valence-corrected chi connectivity index (χ3v) is 2.69. The molecule has 4 nitrogen and oxygen atoms in total. The van der Waals surface area contributed by atoms with E-state index < -0.39 is 0 Å². The first-order valence-electron chi connectivity index (χ1n) is 4.65. The van der Waals surface area contributed by atoms with Crippen LogP contribution < -0.4 is 5.32 Å². The number of amidine groups is 1. The summed E-state index contributed by atoms with van der Waals surface area (Å²) in [7, 11) is 2.16. The van der Waals surface area contributed by atoms with Crippen molar-refractivity contribution in [3.05, 3.63) is 0 Å². The molecule has 0 radical (unpaired) electrons. The van der Waals surface area contributed by atoms with Gasteiger partial charge in [0.05, 0.1) is 20.1 Å². The molecule has 0 saturated carbocycles. The van der Waals surface area contributed by atoms with Gasteiger partial charge in [0.25, 0.3) is 0 Å². The molecule has 1 unspecified atom stereocenters. The zero-order valence-electron chi connectivity index (χ0n) is 8.63. The molecule has 0 aliphatic carbocycles. The normalized spacial score (nSPS) is 27.2. The molecule has 1 aliphatic heterocycles. The van der Waals surface area contributed by atoms with Crippen molar-refractivity contribution in [2.24, 2.45) is 4.99 Å². The minimum Gasteiger partial charge on any atom is -0.351 e. The van der Waals surface area contributed by atoms with Crippen LogP contribution in [0.25, 0.3) is 0 Å². The van der Waals surface area contributed by atoms with Crippen molar-refractivity contribution in [2.45, 2.75) is 13.8 Å². The summed E-state index contributed by atoms with van der Waals surface area (Å²) in [5, 5.41) is 2.81. The maximum absolute atomic E-state index is 10.7. The third kappa shape index (κ3) is 2.52. The lowest BCUT2D eigenvalue weighted by molar-refractivity contribution is -0.813. The van der Waals surface area contributed by atoms with Gasteiger partial charge in [-0.3, -0.25) is 9.28 Å². The van der Waals surface area contributed by atoms with Crippen LogP contribution in [0.2, 0.25) is 0 Å². The lowest BCUT2D eigenvalue weighted by atomic mass is 10.4. The van der Waals surface area contributed by atoms with Gasteiger partial charge in [-0.05, 0) is 0 Å². The average molecular weight is 184 g/mol. The van der Waals surface area contributed by atoms with E-state index in [4.69, 9.17) is 0 Å². The molecule has 1 amide bonds. The van der Waals surface area contributed by atoms with Crippen molar-refractivity contribution in [1.82, 2.24) is 5.32 Å². The van der Waals surface area contributed by atoms with Crippen LogP contribution in [0.5, 0.6) is 0 Å². The highest BCUT2D eigenvalue weighted by atomic mass is 16.1. The highest BCUT2D eigenvalue weighted by Crippen LogP contribution is 2.10. The second kappa shape index (κ2) is 3.87. The van der Waals surface area contributed by atoms with Crippen molar-refractivity contribution in [3.8, 4) is 0 Å². The number of rotatable bonds is 3. The molecule has 4 heteroatoms. The van der Waals surface area contributed by atoms with E-state index in [1.807, 2.05) is 0 Å². The summed E-state index contributed by atoms with van der Waals surface area (Å²) < 4.78 is 0.875. The molecule has 0 aromatic heterocycles. The first kappa shape index (κ1) is 10.2. The largest absolute Gasteiger partial charge is 0.351 e. The average Bonchev–Trinajstić information content (AvgIpc) is 2.32. The smallest absolute Gasteiger partial charge is 0.217 e. The number of likely N-dealkylation sites (N-methyl/N-ethyl adjacent to an activating group) is 1. The van der Waals surface area contributed by atoms with Gasteiger partial charge in [-0.25, -0.2) is 4.99 Å². The molecule has 1 rings (SSSR count). The Hall–Kier alpha value is -0.900. The number of nitrogens with zero attached hydrogens (tertiary/aromatic N) is 2. The molecule has 0 bridgehead atoms. The predicted octanol–water partition coefficient (Wildman–Crippen LogP) is 0.00110. The number of hydrogen-bond acceptors (Lipinski definition) is 2. The van der Waals surface area contributed by atoms with E-state index in [0.29, 0.717) is 0 Å². The monoisotopic (exact) mass is 184 g/mol. The maximum atomic E-state index is 10.7. The van der Waals surface area contributed by atoms with Gasteiger partial charge in [0, 0.05) is 13.8 Å². The minimum absolute atomic E-state index is 0.0420. The minimum atomic E-state index is 0.0420. The van der Waals surface area contributed by atoms with Crippen LogP contribution in [0, 0.1) is 0 Å². The van der Waals surface area contributed by atoms with Gasteiger partial charge in [-0.2, -0.15) is 0 Å². The summed E-state index contributed by atoms with van der Waals surface area (Å²) in [5.74, 6) is 1.21. The second-order valence-corrected chi connectivity index (χ2v) is 3.76. The quantitative estimate of drug-likeness (QED) is 0.616. The van der Waals surface area contributed by atoms with Gasteiger partial charge in [0.15, 0.2) is 5.84 Å². The van der Waals surface area contributed by atoms with Crippen LogP contribution in [0.1, 0.15) is 13.8 Å². The first-order chi connectivity index (χ1) is 6.04. The Kier molecular flexibility index (Phi) is 3.03. The van der Waals surface area contributed by atoms with E-state index >= 15 is 0 Å². The number of carbonyl (C=O) groups is 1. The van der Waals surface area contributed by atoms with E-state index in [9.17, 15) is 4.79 Å². The van der Waals surface area contributed by atoms with E-state index in [-0.39, 0.29) is 5.91 Å². The lowest BCUT2D eigenvalue weighted by Crippen LogP contribution is -2.49. The second-order valence-electron chi connectivity index (χ2n) is 3.76. The van der Waals surface area contributed by atoms with Gasteiger partial charge in [0.1, 0.15) is 13.1 Å². The highest BCUT2D eigenvalue weighted by molar-refractivity contribution is 5.74. The number of nitrogens with one attached hydrogen (secondary N) is 1. The fourth-order valence-corrected chi connectivity index (χ4v) is 1.52. The summed E-state index contributed by atoms with van der Waals surface area (Å²) in [6.45, 7) is 7.26. The molecular formula is C9H18N3O+. The van der Waals surface area contributed by atoms with Crippen molar-refractivity contribution in [3.63, 3.8) is 0 Å². The van der Waals surface area contributed by atoms with Crippen LogP contribution >= 0.6 is 0 Å². The fraction of sp³-hybridized carbons (Fsp3) is 0.778. The van der Waals surface area contributed by atoms with Crippen molar-refractivity contribution in [2.75, 3.05) is 33.2 Å². The van der Waals surface area contributed by atoms with Crippen LogP contribution in [0.4, 0.5) is 0 Å². The Bertz CT molecular complexity index is 237. The van der Waals surface area contributed by atoms with Gasteiger partial charge in [-0.15, -0.1) is 0 Å². The summed E-state index contributed by atoms with van der Waals surface area (Å²) in [5.41, 5.74) is 0. The SMILES string of the molecule is CC(=O)NCC[N+]1(C)CCN=C1C. The van der Waals surface area contributed by atoms with Gasteiger partial charge >= 0.3 is 0 Å². The highest BCUT2D eigenvalue weighted by Gasteiger charge is 2.29. The number of hydrogen-bond donors (Lipinski definition) is 1. The number of carbonyl (C=O) groups excluding carboxylic acids is 1. The Morgan fingerprint density at radius 1 is 1.69 bits per heavy atom. The molecule has 0 saturated heterocycles. The van der Waals surface area contributed by atoms with E-state index in [0.717, 1.165) is 30.7 Å². The summed E-state index contributed by atoms with van der Waals surface area (Å²) in [4.78, 5) is 15.0. The summed E-state index contributed by atoms with van der Waals surface area (Å²) in [6, 6.07) is 0. The Labute approximate surface area is 79.2 Å². The molecule has 13 heavy (non-hydrogen) atoms. The Morgan fingerprint density at radius 3 is 2.85 bits per heavy atom. The van der Waals surface area contributed by atoms with Gasteiger partial charge in [-0.1, -0.05) is 0 Å². The number of quaternary nitrogens is 1. The molecule has 1 atom stereocenters. The predicted molar refractivity (Wildman–Crippen MR) is 52.6 cm³/mol. The molecular weight excluding hydrogens is 166 g/mol. The standard InChI is InChI=1S/C9H17N3O/c1-8-10-4-6-12(8,3)7-5-11-9(2)13/h4-7H2,1-3H3/p+1. The van der Waals surface area contributed by atoms with Gasteiger partial charge < -0.3 is 5.32 Å². The first-order valence-corrected chi connectivity index (χ1v) is 4.65. The van der Waals surface area contributed by atoms with Crippen molar-refractivity contribution in [1.29, 1.82) is 0 Å². The molecule has 0 aromatic rings. The zero-order valence-corrected chi connectivity index (χ0v) is 8.63. The maximum Gasteiger partial charge on any atom is 0.217 e. The molecule has 0 fully saturated rings. The lowest BCUT2D eigenvalue weighted by Gasteiger charge is -2.28. The number of aliphatic imine (C=N–C) groups is 1. The van der Waals surface area contributed by atoms with Gasteiger partial charge in [0.2, 0.25) is 5.91 Å². The van der Waals surface area contributed by atoms with Crippen LogP contribution in [0.15, 0.2) is 4.99 Å². The Morgan fingerprint density at radius 2 is 2.38 bits per heavy atom. The summed E-state index contributed by atoms with van der Waals surface area (Å²) >= 11 is 0. The molecule has 1 N–H and O–H groups in total. The fourth-order valence-electron chi connectivity index (χ4n) is 1.52. The molecule has 1 aliphatic rings. The molecule has 0 spiro atoms. The van der Waals surface area contributed by atoms with E-state index in [1.165, 1.54) is 5.84 Å².